The number of carbonyl (C=O) groups excluding carboxylic acids is 2. The molecular weight excluding hydrogens is 192 g/mol. The van der Waals surface area contributed by atoms with Crippen LogP contribution in [0.1, 0.15) is 32.6 Å². The highest BCUT2D eigenvalue weighted by molar-refractivity contribution is 5.81. The third kappa shape index (κ3) is 3.38. The lowest BCUT2D eigenvalue weighted by Gasteiger charge is -2.12. The van der Waals surface area contributed by atoms with Gasteiger partial charge in [0.1, 0.15) is 0 Å². The Bertz CT molecular complexity index is 250. The van der Waals surface area contributed by atoms with Gasteiger partial charge in [-0.25, -0.2) is 0 Å². The first-order valence-corrected chi connectivity index (χ1v) is 5.40. The van der Waals surface area contributed by atoms with Crippen molar-refractivity contribution in [1.82, 2.24) is 10.2 Å². The molecule has 4 nitrogen and oxygen atoms in total. The molecule has 0 aromatic heterocycles. The van der Waals surface area contributed by atoms with Crippen LogP contribution >= 0.6 is 0 Å². The lowest BCUT2D eigenvalue weighted by molar-refractivity contribution is -0.126. The van der Waals surface area contributed by atoms with Crippen molar-refractivity contribution in [2.24, 2.45) is 0 Å². The van der Waals surface area contributed by atoms with E-state index in [0.717, 1.165) is 38.0 Å². The summed E-state index contributed by atoms with van der Waals surface area (Å²) in [5.74, 6) is 0.428. The van der Waals surface area contributed by atoms with Crippen LogP contribution in [0.2, 0.25) is 0 Å². The normalized spacial score (nSPS) is 20.1. The number of hydrogen-bond acceptors (Lipinski definition) is 2. The first-order chi connectivity index (χ1) is 7.15. The van der Waals surface area contributed by atoms with E-state index in [0.29, 0.717) is 6.42 Å². The Morgan fingerprint density at radius 3 is 2.27 bits per heavy atom. The highest BCUT2D eigenvalue weighted by Crippen LogP contribution is 2.18. The molecule has 0 aromatic rings. The van der Waals surface area contributed by atoms with Crippen molar-refractivity contribution in [1.29, 1.82) is 0 Å². The molecule has 2 rings (SSSR count). The van der Waals surface area contributed by atoms with Gasteiger partial charge in [-0.05, 0) is 19.8 Å². The minimum Gasteiger partial charge on any atom is -0.356 e. The van der Waals surface area contributed by atoms with Crippen molar-refractivity contribution in [3.05, 3.63) is 12.3 Å². The first-order valence-electron chi connectivity index (χ1n) is 5.40. The molecule has 0 aromatic carbocycles. The average Bonchev–Trinajstić information content (AvgIpc) is 2.78. The van der Waals surface area contributed by atoms with E-state index in [-0.39, 0.29) is 11.8 Å². The number of likely N-dealkylation sites (tertiary alicyclic amines) is 1. The van der Waals surface area contributed by atoms with E-state index in [2.05, 4.69) is 11.9 Å². The third-order valence-corrected chi connectivity index (χ3v) is 2.53. The quantitative estimate of drug-likeness (QED) is 0.703. The summed E-state index contributed by atoms with van der Waals surface area (Å²) in [5, 5.41) is 2.68. The third-order valence-electron chi connectivity index (χ3n) is 2.53. The van der Waals surface area contributed by atoms with Gasteiger partial charge >= 0.3 is 0 Å². The standard InChI is InChI=1S/C7H11NO.C4H7NO/c1-3-8-6(2)4-5-7(8)9;6-4-2-1-3-5-4/h2-5H2,1H3;1-3H2,(H,5,6). The van der Waals surface area contributed by atoms with Crippen LogP contribution in [0, 0.1) is 0 Å². The van der Waals surface area contributed by atoms with Crippen LogP contribution in [-0.4, -0.2) is 29.8 Å². The summed E-state index contributed by atoms with van der Waals surface area (Å²) in [6.07, 6.45) is 3.28. The second-order valence-corrected chi connectivity index (χ2v) is 3.66. The Kier molecular flexibility index (Phi) is 4.34. The van der Waals surface area contributed by atoms with E-state index in [1.807, 2.05) is 6.92 Å². The molecule has 2 saturated heterocycles. The van der Waals surface area contributed by atoms with Gasteiger partial charge in [0.2, 0.25) is 11.8 Å². The molecule has 2 aliphatic heterocycles. The highest BCUT2D eigenvalue weighted by Gasteiger charge is 2.21. The Morgan fingerprint density at radius 1 is 1.33 bits per heavy atom. The monoisotopic (exact) mass is 210 g/mol. The van der Waals surface area contributed by atoms with Gasteiger partial charge in [0.05, 0.1) is 0 Å². The SMILES string of the molecule is C=C1CCC(=O)N1CC.O=C1CCCN1. The lowest BCUT2D eigenvalue weighted by atomic mass is 10.3. The van der Waals surface area contributed by atoms with Crippen molar-refractivity contribution in [3.63, 3.8) is 0 Å². The number of rotatable bonds is 1. The average molecular weight is 210 g/mol. The topological polar surface area (TPSA) is 49.4 Å². The second kappa shape index (κ2) is 5.53. The predicted octanol–water partition coefficient (Wildman–Crippen LogP) is 1.04. The molecule has 2 fully saturated rings. The summed E-state index contributed by atoms with van der Waals surface area (Å²) in [5.41, 5.74) is 0.975. The summed E-state index contributed by atoms with van der Waals surface area (Å²) in [7, 11) is 0. The molecule has 0 saturated carbocycles. The summed E-state index contributed by atoms with van der Waals surface area (Å²) in [6.45, 7) is 7.39. The van der Waals surface area contributed by atoms with Gasteiger partial charge in [-0.1, -0.05) is 6.58 Å². The molecule has 0 unspecified atom stereocenters. The number of allylic oxidation sites excluding steroid dienone is 1. The zero-order valence-corrected chi connectivity index (χ0v) is 9.21. The van der Waals surface area contributed by atoms with Gasteiger partial charge in [-0.3, -0.25) is 9.59 Å². The Hall–Kier alpha value is -1.32. The molecule has 2 amide bonds. The smallest absolute Gasteiger partial charge is 0.227 e. The Morgan fingerprint density at radius 2 is 2.07 bits per heavy atom. The van der Waals surface area contributed by atoms with Crippen molar-refractivity contribution in [2.45, 2.75) is 32.6 Å². The molecule has 84 valence electrons. The largest absolute Gasteiger partial charge is 0.356 e. The van der Waals surface area contributed by atoms with Gasteiger partial charge in [0.15, 0.2) is 0 Å². The fourth-order valence-corrected chi connectivity index (χ4v) is 1.66. The molecule has 0 spiro atoms. The summed E-state index contributed by atoms with van der Waals surface area (Å²) >= 11 is 0. The van der Waals surface area contributed by atoms with Crippen LogP contribution in [-0.2, 0) is 9.59 Å². The van der Waals surface area contributed by atoms with Crippen molar-refractivity contribution in [3.8, 4) is 0 Å². The number of nitrogens with one attached hydrogen (secondary N) is 1. The molecule has 0 atom stereocenters. The maximum absolute atomic E-state index is 10.9. The van der Waals surface area contributed by atoms with Gasteiger partial charge in [-0.2, -0.15) is 0 Å². The zero-order valence-electron chi connectivity index (χ0n) is 9.21. The fourth-order valence-electron chi connectivity index (χ4n) is 1.66. The van der Waals surface area contributed by atoms with Gasteiger partial charge < -0.3 is 10.2 Å². The molecule has 0 aliphatic carbocycles. The number of amides is 2. The van der Waals surface area contributed by atoms with E-state index in [1.54, 1.807) is 4.90 Å². The van der Waals surface area contributed by atoms with Gasteiger partial charge in [0, 0.05) is 31.6 Å². The van der Waals surface area contributed by atoms with Crippen LogP contribution in [0.3, 0.4) is 0 Å². The zero-order chi connectivity index (χ0) is 11.3. The lowest BCUT2D eigenvalue weighted by Crippen LogP contribution is -2.21. The van der Waals surface area contributed by atoms with E-state index < -0.39 is 0 Å². The van der Waals surface area contributed by atoms with Crippen molar-refractivity contribution in [2.75, 3.05) is 13.1 Å². The molecule has 1 N–H and O–H groups in total. The second-order valence-electron chi connectivity index (χ2n) is 3.66. The fraction of sp³-hybridized carbons (Fsp3) is 0.636. The minimum absolute atomic E-state index is 0.204. The van der Waals surface area contributed by atoms with E-state index in [1.165, 1.54) is 0 Å². The predicted molar refractivity (Wildman–Crippen MR) is 58.0 cm³/mol. The molecule has 2 heterocycles. The minimum atomic E-state index is 0.204. The summed E-state index contributed by atoms with van der Waals surface area (Å²) < 4.78 is 0. The maximum atomic E-state index is 10.9. The summed E-state index contributed by atoms with van der Waals surface area (Å²) in [4.78, 5) is 22.7. The molecule has 0 radical (unpaired) electrons. The van der Waals surface area contributed by atoms with Crippen LogP contribution in [0.5, 0.6) is 0 Å². The van der Waals surface area contributed by atoms with E-state index >= 15 is 0 Å². The Balaban J connectivity index is 0.000000162. The first kappa shape index (κ1) is 11.8. The molecule has 15 heavy (non-hydrogen) atoms. The van der Waals surface area contributed by atoms with Crippen LogP contribution in [0.4, 0.5) is 0 Å². The van der Waals surface area contributed by atoms with Crippen LogP contribution in [0.15, 0.2) is 12.3 Å². The van der Waals surface area contributed by atoms with Gasteiger partial charge in [-0.15, -0.1) is 0 Å². The Labute approximate surface area is 90.3 Å². The molecule has 4 heteroatoms. The van der Waals surface area contributed by atoms with Crippen molar-refractivity contribution >= 4 is 11.8 Å². The molecular formula is C11H18N2O2. The number of carbonyl (C=O) groups is 2. The molecule has 0 bridgehead atoms. The highest BCUT2D eigenvalue weighted by atomic mass is 16.2. The van der Waals surface area contributed by atoms with Crippen LogP contribution in [0.25, 0.3) is 0 Å². The van der Waals surface area contributed by atoms with E-state index in [4.69, 9.17) is 0 Å². The maximum Gasteiger partial charge on any atom is 0.227 e. The number of hydrogen-bond donors (Lipinski definition) is 1. The number of nitrogens with zero attached hydrogens (tertiary/aromatic N) is 1. The van der Waals surface area contributed by atoms with E-state index in [9.17, 15) is 9.59 Å². The molecule has 2 aliphatic rings. The van der Waals surface area contributed by atoms with Crippen LogP contribution < -0.4 is 5.32 Å². The van der Waals surface area contributed by atoms with Crippen molar-refractivity contribution < 1.29 is 9.59 Å². The summed E-state index contributed by atoms with van der Waals surface area (Å²) in [6, 6.07) is 0. The van der Waals surface area contributed by atoms with Gasteiger partial charge in [0.25, 0.3) is 0 Å².